The van der Waals surface area contributed by atoms with Gasteiger partial charge < -0.3 is 10.5 Å². The fourth-order valence-electron chi connectivity index (χ4n) is 3.04. The van der Waals surface area contributed by atoms with Crippen LogP contribution in [0.5, 0.6) is 0 Å². The van der Waals surface area contributed by atoms with Crippen molar-refractivity contribution in [3.8, 4) is 0 Å². The molecule has 1 saturated heterocycles. The van der Waals surface area contributed by atoms with E-state index in [2.05, 4.69) is 13.8 Å². The molecule has 1 aliphatic rings. The van der Waals surface area contributed by atoms with Gasteiger partial charge in [-0.1, -0.05) is 32.0 Å². The summed E-state index contributed by atoms with van der Waals surface area (Å²) in [6.07, 6.45) is 3.75. The number of carbonyl (C=O) groups excluding carboxylic acids is 1. The second-order valence-corrected chi connectivity index (χ2v) is 6.15. The summed E-state index contributed by atoms with van der Waals surface area (Å²) in [6.45, 7) is 7.82. The zero-order valence-electron chi connectivity index (χ0n) is 14.6. The molecule has 2 rings (SSSR count). The predicted molar refractivity (Wildman–Crippen MR) is 94.9 cm³/mol. The quantitative estimate of drug-likeness (QED) is 0.891. The van der Waals surface area contributed by atoms with Crippen LogP contribution in [0.3, 0.4) is 0 Å². The van der Waals surface area contributed by atoms with Crippen LogP contribution in [0.15, 0.2) is 29.8 Å². The van der Waals surface area contributed by atoms with E-state index < -0.39 is 0 Å². The zero-order valence-corrected chi connectivity index (χ0v) is 14.6. The molecule has 0 spiro atoms. The third kappa shape index (κ3) is 3.75. The Bertz CT molecular complexity index is 595. The number of nitrogens with two attached hydrogens (primary N) is 1. The van der Waals surface area contributed by atoms with Gasteiger partial charge in [0, 0.05) is 18.2 Å². The minimum absolute atomic E-state index is 0.0128. The molecule has 0 aromatic heterocycles. The van der Waals surface area contributed by atoms with Gasteiger partial charge in [-0.2, -0.15) is 0 Å². The van der Waals surface area contributed by atoms with Gasteiger partial charge in [-0.05, 0) is 44.2 Å². The number of carbonyl (C=O) groups is 1. The maximum Gasteiger partial charge on any atom is 0.225 e. The van der Waals surface area contributed by atoms with Crippen LogP contribution in [0.2, 0.25) is 0 Å². The largest absolute Gasteiger partial charge is 0.398 e. The minimum atomic E-state index is -0.201. The van der Waals surface area contributed by atoms with Crippen molar-refractivity contribution in [3.05, 3.63) is 35.4 Å². The lowest BCUT2D eigenvalue weighted by molar-refractivity contribution is -0.119. The third-order valence-corrected chi connectivity index (χ3v) is 4.61. The van der Waals surface area contributed by atoms with Crippen molar-refractivity contribution >= 4 is 17.3 Å². The molecular weight excluding hydrogens is 288 g/mol. The molecular formula is C19H28N2O2. The number of allylic oxidation sites excluding steroid dienone is 1. The van der Waals surface area contributed by atoms with Crippen molar-refractivity contribution < 1.29 is 9.53 Å². The smallest absolute Gasteiger partial charge is 0.225 e. The van der Waals surface area contributed by atoms with Gasteiger partial charge in [0.2, 0.25) is 5.91 Å². The van der Waals surface area contributed by atoms with Crippen LogP contribution in [-0.4, -0.2) is 18.2 Å². The van der Waals surface area contributed by atoms with Crippen molar-refractivity contribution in [3.63, 3.8) is 0 Å². The highest BCUT2D eigenvalue weighted by Gasteiger charge is 2.32. The lowest BCUT2D eigenvalue weighted by Crippen LogP contribution is -2.40. The van der Waals surface area contributed by atoms with Gasteiger partial charge in [0.25, 0.3) is 0 Å². The number of ether oxygens (including phenoxy) is 1. The van der Waals surface area contributed by atoms with Gasteiger partial charge in [-0.3, -0.25) is 9.69 Å². The Hall–Kier alpha value is -1.81. The predicted octanol–water partition coefficient (Wildman–Crippen LogP) is 4.05. The molecule has 1 aliphatic heterocycles. The van der Waals surface area contributed by atoms with Gasteiger partial charge in [0.1, 0.15) is 6.23 Å². The molecule has 2 N–H and O–H groups in total. The maximum absolute atomic E-state index is 12.3. The highest BCUT2D eigenvalue weighted by Crippen LogP contribution is 2.33. The molecule has 126 valence electrons. The van der Waals surface area contributed by atoms with Crippen LogP contribution in [-0.2, 0) is 9.53 Å². The fourth-order valence-corrected chi connectivity index (χ4v) is 3.04. The standard InChI is InChI=1S/C19H28N2O2/c1-5-13(3)19(20)16-9-7-8-10-17(16)21(14(4)22)18-12-11-15(6-2)23-18/h7-10,15,18H,5-6,11-12,20H2,1-4H3/b19-13-. The van der Waals surface area contributed by atoms with Crippen LogP contribution >= 0.6 is 0 Å². The minimum Gasteiger partial charge on any atom is -0.398 e. The zero-order chi connectivity index (χ0) is 17.0. The summed E-state index contributed by atoms with van der Waals surface area (Å²) in [4.78, 5) is 14.1. The Kier molecular flexibility index (Phi) is 5.83. The summed E-state index contributed by atoms with van der Waals surface area (Å²) >= 11 is 0. The molecule has 0 bridgehead atoms. The topological polar surface area (TPSA) is 55.6 Å². The number of nitrogens with zero attached hydrogens (tertiary/aromatic N) is 1. The van der Waals surface area contributed by atoms with Gasteiger partial charge >= 0.3 is 0 Å². The monoisotopic (exact) mass is 316 g/mol. The average Bonchev–Trinajstić information content (AvgIpc) is 3.02. The van der Waals surface area contributed by atoms with E-state index >= 15 is 0 Å². The molecule has 1 amide bonds. The molecule has 0 aliphatic carbocycles. The molecule has 4 heteroatoms. The van der Waals surface area contributed by atoms with Crippen molar-refractivity contribution in [2.45, 2.75) is 65.7 Å². The van der Waals surface area contributed by atoms with E-state index in [-0.39, 0.29) is 18.2 Å². The van der Waals surface area contributed by atoms with Crippen LogP contribution in [0.1, 0.15) is 58.9 Å². The summed E-state index contributed by atoms with van der Waals surface area (Å²) < 4.78 is 6.06. The number of hydrogen-bond acceptors (Lipinski definition) is 3. The van der Waals surface area contributed by atoms with Crippen molar-refractivity contribution in [1.82, 2.24) is 0 Å². The SMILES string of the molecule is CC/C(C)=C(\N)c1ccccc1N(C(C)=O)C1CCC(CC)O1. The molecule has 0 saturated carbocycles. The maximum atomic E-state index is 12.3. The van der Waals surface area contributed by atoms with Crippen LogP contribution in [0.25, 0.3) is 5.70 Å². The van der Waals surface area contributed by atoms with Crippen molar-refractivity contribution in [2.75, 3.05) is 4.90 Å². The first-order valence-electron chi connectivity index (χ1n) is 8.49. The highest BCUT2D eigenvalue weighted by atomic mass is 16.5. The summed E-state index contributed by atoms with van der Waals surface area (Å²) in [5, 5.41) is 0. The number of amides is 1. The van der Waals surface area contributed by atoms with Gasteiger partial charge in [-0.15, -0.1) is 0 Å². The summed E-state index contributed by atoms with van der Waals surface area (Å²) in [6, 6.07) is 7.83. The van der Waals surface area contributed by atoms with E-state index in [9.17, 15) is 4.79 Å². The molecule has 0 radical (unpaired) electrons. The second-order valence-electron chi connectivity index (χ2n) is 6.15. The fraction of sp³-hybridized carbons (Fsp3) is 0.526. The molecule has 1 heterocycles. The number of para-hydroxylation sites is 1. The summed E-state index contributed by atoms with van der Waals surface area (Å²) in [7, 11) is 0. The molecule has 1 aromatic rings. The normalized spacial score (nSPS) is 21.9. The Labute approximate surface area is 139 Å². The Morgan fingerprint density at radius 1 is 1.26 bits per heavy atom. The number of benzene rings is 1. The van der Waals surface area contributed by atoms with Gasteiger partial charge in [0.05, 0.1) is 11.8 Å². The van der Waals surface area contributed by atoms with Crippen LogP contribution in [0, 0.1) is 0 Å². The number of rotatable bonds is 5. The van der Waals surface area contributed by atoms with Gasteiger partial charge in [-0.25, -0.2) is 0 Å². The van der Waals surface area contributed by atoms with E-state index in [1.807, 2.05) is 31.2 Å². The van der Waals surface area contributed by atoms with E-state index in [1.54, 1.807) is 11.8 Å². The van der Waals surface area contributed by atoms with E-state index in [0.717, 1.165) is 48.2 Å². The number of anilines is 1. The van der Waals surface area contributed by atoms with Crippen LogP contribution < -0.4 is 10.6 Å². The van der Waals surface area contributed by atoms with E-state index in [4.69, 9.17) is 10.5 Å². The lowest BCUT2D eigenvalue weighted by Gasteiger charge is -2.30. The lowest BCUT2D eigenvalue weighted by atomic mass is 10.0. The molecule has 4 nitrogen and oxygen atoms in total. The molecule has 23 heavy (non-hydrogen) atoms. The summed E-state index contributed by atoms with van der Waals surface area (Å²) in [5.41, 5.74) is 9.96. The highest BCUT2D eigenvalue weighted by molar-refractivity contribution is 5.95. The molecule has 2 unspecified atom stereocenters. The second kappa shape index (κ2) is 7.64. The molecule has 1 aromatic carbocycles. The Balaban J connectivity index is 2.43. The first kappa shape index (κ1) is 17.5. The molecule has 2 atom stereocenters. The van der Waals surface area contributed by atoms with Crippen molar-refractivity contribution in [1.29, 1.82) is 0 Å². The molecule has 1 fully saturated rings. The van der Waals surface area contributed by atoms with E-state index in [1.165, 1.54) is 0 Å². The average molecular weight is 316 g/mol. The third-order valence-electron chi connectivity index (χ3n) is 4.61. The summed E-state index contributed by atoms with van der Waals surface area (Å²) in [5.74, 6) is -0.0128. The van der Waals surface area contributed by atoms with Crippen LogP contribution in [0.4, 0.5) is 5.69 Å². The van der Waals surface area contributed by atoms with Gasteiger partial charge in [0.15, 0.2) is 0 Å². The number of hydrogen-bond donors (Lipinski definition) is 1. The first-order valence-corrected chi connectivity index (χ1v) is 8.49. The Morgan fingerprint density at radius 2 is 1.96 bits per heavy atom. The van der Waals surface area contributed by atoms with Crippen molar-refractivity contribution in [2.24, 2.45) is 5.73 Å². The van der Waals surface area contributed by atoms with E-state index in [0.29, 0.717) is 0 Å². The first-order chi connectivity index (χ1) is 11.0. The Morgan fingerprint density at radius 3 is 2.52 bits per heavy atom.